The number of likely N-dealkylation sites (tertiary alicyclic amines) is 1. The van der Waals surface area contributed by atoms with E-state index in [9.17, 15) is 9.59 Å². The molecule has 1 amide bonds. The third-order valence-electron chi connectivity index (χ3n) is 5.30. The zero-order valence-corrected chi connectivity index (χ0v) is 16.5. The Morgan fingerprint density at radius 1 is 0.966 bits per heavy atom. The fraction of sp³-hybridized carbons (Fsp3) is 0.292. The van der Waals surface area contributed by atoms with E-state index in [0.717, 1.165) is 48.8 Å². The Morgan fingerprint density at radius 3 is 2.41 bits per heavy atom. The molecule has 1 fully saturated rings. The number of fused-ring (bicyclic) bond motifs is 1. The second kappa shape index (κ2) is 8.43. The van der Waals surface area contributed by atoms with Gasteiger partial charge in [-0.25, -0.2) is 9.78 Å². The first-order valence-corrected chi connectivity index (χ1v) is 10.1. The Morgan fingerprint density at radius 2 is 1.66 bits per heavy atom. The molecule has 1 aliphatic heterocycles. The van der Waals surface area contributed by atoms with Crippen LogP contribution < -0.4 is 0 Å². The van der Waals surface area contributed by atoms with Gasteiger partial charge in [0.05, 0.1) is 16.8 Å². The normalized spacial score (nSPS) is 15.1. The molecule has 0 unspecified atom stereocenters. The molecular formula is C24H24N2O3. The van der Waals surface area contributed by atoms with E-state index in [1.807, 2.05) is 54.6 Å². The number of esters is 1. The number of carbonyl (C=O) groups excluding carboxylic acids is 2. The summed E-state index contributed by atoms with van der Waals surface area (Å²) in [5.74, 6) is -0.627. The maximum absolute atomic E-state index is 13.0. The lowest BCUT2D eigenvalue weighted by Gasteiger charge is -2.29. The van der Waals surface area contributed by atoms with Gasteiger partial charge >= 0.3 is 5.97 Å². The third kappa shape index (κ3) is 4.14. The summed E-state index contributed by atoms with van der Waals surface area (Å²) in [7, 11) is 0. The fourth-order valence-electron chi connectivity index (χ4n) is 3.75. The van der Waals surface area contributed by atoms with Crippen molar-refractivity contribution in [1.29, 1.82) is 0 Å². The highest BCUT2D eigenvalue weighted by Gasteiger charge is 2.26. The third-order valence-corrected chi connectivity index (χ3v) is 5.30. The molecule has 2 heterocycles. The SMILES string of the molecule is C[C@H](OC(=O)c1cc(-c2ccccc2)nc2ccccc12)C(=O)N1CCCCC1. The van der Waals surface area contributed by atoms with E-state index >= 15 is 0 Å². The first-order valence-electron chi connectivity index (χ1n) is 10.1. The topological polar surface area (TPSA) is 59.5 Å². The van der Waals surface area contributed by atoms with Crippen LogP contribution in [0.2, 0.25) is 0 Å². The average Bonchev–Trinajstić information content (AvgIpc) is 2.78. The van der Waals surface area contributed by atoms with Gasteiger partial charge in [-0.3, -0.25) is 4.79 Å². The highest BCUT2D eigenvalue weighted by molar-refractivity contribution is 6.05. The number of piperidine rings is 1. The van der Waals surface area contributed by atoms with E-state index in [1.165, 1.54) is 0 Å². The van der Waals surface area contributed by atoms with Crippen LogP contribution in [-0.4, -0.2) is 41.0 Å². The molecule has 148 valence electrons. The van der Waals surface area contributed by atoms with E-state index in [4.69, 9.17) is 9.72 Å². The minimum absolute atomic E-state index is 0.125. The molecule has 2 aromatic carbocycles. The van der Waals surface area contributed by atoms with Crippen LogP contribution in [0.3, 0.4) is 0 Å². The number of amides is 1. The number of hydrogen-bond donors (Lipinski definition) is 0. The number of ether oxygens (including phenoxy) is 1. The Hall–Kier alpha value is -3.21. The molecule has 3 aromatic rings. The van der Waals surface area contributed by atoms with Crippen molar-refractivity contribution >= 4 is 22.8 Å². The number of benzene rings is 2. The molecule has 0 N–H and O–H groups in total. The van der Waals surface area contributed by atoms with Crippen LogP contribution in [0.5, 0.6) is 0 Å². The standard InChI is InChI=1S/C24H24N2O3/c1-17(23(27)26-14-8-3-9-15-26)29-24(28)20-16-22(18-10-4-2-5-11-18)25-21-13-7-6-12-19(20)21/h2,4-7,10-13,16-17H,3,8-9,14-15H2,1H3/t17-/m0/s1. The molecule has 0 radical (unpaired) electrons. The number of carbonyl (C=O) groups is 2. The molecule has 1 aromatic heterocycles. The number of hydrogen-bond acceptors (Lipinski definition) is 4. The first-order chi connectivity index (χ1) is 14.1. The Kier molecular flexibility index (Phi) is 5.56. The maximum Gasteiger partial charge on any atom is 0.339 e. The predicted molar refractivity (Wildman–Crippen MR) is 112 cm³/mol. The Balaban J connectivity index is 1.63. The molecule has 5 nitrogen and oxygen atoms in total. The van der Waals surface area contributed by atoms with Gasteiger partial charge in [-0.15, -0.1) is 0 Å². The number of pyridine rings is 1. The van der Waals surface area contributed by atoms with Crippen LogP contribution in [0.15, 0.2) is 60.7 Å². The molecule has 5 heteroatoms. The summed E-state index contributed by atoms with van der Waals surface area (Å²) >= 11 is 0. The van der Waals surface area contributed by atoms with Crippen LogP contribution in [0, 0.1) is 0 Å². The average molecular weight is 388 g/mol. The van der Waals surface area contributed by atoms with E-state index in [1.54, 1.807) is 17.9 Å². The zero-order valence-electron chi connectivity index (χ0n) is 16.5. The first kappa shape index (κ1) is 19.1. The van der Waals surface area contributed by atoms with Gasteiger partial charge in [-0.05, 0) is 38.3 Å². The molecule has 0 bridgehead atoms. The lowest BCUT2D eigenvalue weighted by molar-refractivity contribution is -0.140. The fourth-order valence-corrected chi connectivity index (χ4v) is 3.75. The van der Waals surface area contributed by atoms with Crippen LogP contribution in [0.1, 0.15) is 36.5 Å². The van der Waals surface area contributed by atoms with Gasteiger partial charge in [-0.2, -0.15) is 0 Å². The van der Waals surface area contributed by atoms with E-state index < -0.39 is 12.1 Å². The molecule has 0 aliphatic carbocycles. The summed E-state index contributed by atoms with van der Waals surface area (Å²) in [6, 6.07) is 18.9. The van der Waals surface area contributed by atoms with Crippen molar-refractivity contribution in [2.75, 3.05) is 13.1 Å². The summed E-state index contributed by atoms with van der Waals surface area (Å²) in [6.45, 7) is 3.12. The summed E-state index contributed by atoms with van der Waals surface area (Å²) in [5, 5.41) is 0.717. The van der Waals surface area contributed by atoms with Gasteiger partial charge in [0.2, 0.25) is 0 Å². The second-order valence-corrected chi connectivity index (χ2v) is 7.37. The summed E-state index contributed by atoms with van der Waals surface area (Å²) in [6.07, 6.45) is 2.33. The van der Waals surface area contributed by atoms with Crippen molar-refractivity contribution in [3.63, 3.8) is 0 Å². The monoisotopic (exact) mass is 388 g/mol. The Bertz CT molecular complexity index is 1030. The van der Waals surface area contributed by atoms with Crippen molar-refractivity contribution in [2.45, 2.75) is 32.3 Å². The van der Waals surface area contributed by atoms with Gasteiger partial charge in [0.1, 0.15) is 0 Å². The van der Waals surface area contributed by atoms with Gasteiger partial charge < -0.3 is 9.64 Å². The number of para-hydroxylation sites is 1. The Labute approximate surface area is 170 Å². The highest BCUT2D eigenvalue weighted by Crippen LogP contribution is 2.26. The van der Waals surface area contributed by atoms with E-state index in [-0.39, 0.29) is 5.91 Å². The van der Waals surface area contributed by atoms with Gasteiger partial charge in [0.15, 0.2) is 6.10 Å². The van der Waals surface area contributed by atoms with Crippen molar-refractivity contribution < 1.29 is 14.3 Å². The second-order valence-electron chi connectivity index (χ2n) is 7.37. The molecule has 4 rings (SSSR count). The number of aromatic nitrogens is 1. The zero-order chi connectivity index (χ0) is 20.2. The van der Waals surface area contributed by atoms with E-state index in [2.05, 4.69) is 0 Å². The maximum atomic E-state index is 13.0. The van der Waals surface area contributed by atoms with E-state index in [0.29, 0.717) is 11.3 Å². The smallest absolute Gasteiger partial charge is 0.339 e. The van der Waals surface area contributed by atoms with Gasteiger partial charge in [-0.1, -0.05) is 48.5 Å². The molecule has 0 spiro atoms. The van der Waals surface area contributed by atoms with Gasteiger partial charge in [0.25, 0.3) is 5.91 Å². The predicted octanol–water partition coefficient (Wildman–Crippen LogP) is 4.46. The van der Waals surface area contributed by atoms with Crippen molar-refractivity contribution in [1.82, 2.24) is 9.88 Å². The number of nitrogens with zero attached hydrogens (tertiary/aromatic N) is 2. The quantitative estimate of drug-likeness (QED) is 0.619. The lowest BCUT2D eigenvalue weighted by atomic mass is 10.0. The highest BCUT2D eigenvalue weighted by atomic mass is 16.5. The minimum atomic E-state index is -0.812. The molecular weight excluding hydrogens is 364 g/mol. The van der Waals surface area contributed by atoms with Crippen LogP contribution in [0.25, 0.3) is 22.2 Å². The summed E-state index contributed by atoms with van der Waals surface area (Å²) in [5.41, 5.74) is 2.76. The summed E-state index contributed by atoms with van der Waals surface area (Å²) in [4.78, 5) is 32.2. The van der Waals surface area contributed by atoms with Crippen molar-refractivity contribution in [3.8, 4) is 11.3 Å². The summed E-state index contributed by atoms with van der Waals surface area (Å²) < 4.78 is 5.59. The molecule has 1 atom stereocenters. The van der Waals surface area contributed by atoms with Crippen LogP contribution >= 0.6 is 0 Å². The molecule has 29 heavy (non-hydrogen) atoms. The van der Waals surface area contributed by atoms with Crippen molar-refractivity contribution in [3.05, 3.63) is 66.2 Å². The largest absolute Gasteiger partial charge is 0.449 e. The minimum Gasteiger partial charge on any atom is -0.449 e. The lowest BCUT2D eigenvalue weighted by Crippen LogP contribution is -2.42. The van der Waals surface area contributed by atoms with Crippen LogP contribution in [-0.2, 0) is 9.53 Å². The van der Waals surface area contributed by atoms with Crippen LogP contribution in [0.4, 0.5) is 0 Å². The van der Waals surface area contributed by atoms with Gasteiger partial charge in [0, 0.05) is 24.0 Å². The van der Waals surface area contributed by atoms with Crippen molar-refractivity contribution in [2.24, 2.45) is 0 Å². The number of rotatable bonds is 4. The molecule has 1 saturated heterocycles. The molecule has 1 aliphatic rings. The molecule has 0 saturated carbocycles.